The Morgan fingerprint density at radius 2 is 1.72 bits per heavy atom. The van der Waals surface area contributed by atoms with Crippen LogP contribution in [0.25, 0.3) is 22.1 Å². The van der Waals surface area contributed by atoms with Crippen LogP contribution in [0.4, 0.5) is 10.5 Å². The number of hydroxylamine groups is 1. The van der Waals surface area contributed by atoms with E-state index in [1.54, 1.807) is 20.8 Å². The lowest BCUT2D eigenvalue weighted by Gasteiger charge is -2.21. The molecule has 0 aliphatic rings. The van der Waals surface area contributed by atoms with Gasteiger partial charge in [0.15, 0.2) is 0 Å². The first-order valence-corrected chi connectivity index (χ1v) is 10.7. The molecule has 1 heterocycles. The number of anilines is 1. The van der Waals surface area contributed by atoms with Gasteiger partial charge in [-0.2, -0.15) is 5.48 Å². The quantitative estimate of drug-likeness (QED) is 0.400. The van der Waals surface area contributed by atoms with Crippen LogP contribution in [-0.2, 0) is 16.2 Å². The zero-order chi connectivity index (χ0) is 23.3. The SMILES string of the molecule is CCN(CC)c1ccc2cc(-c3ccc(CONC(=O)OC(C)(C)C)cc3)c(=O)oc2c1. The molecule has 0 aliphatic carbocycles. The maximum absolute atomic E-state index is 12.6. The molecule has 0 saturated carbocycles. The highest BCUT2D eigenvalue weighted by Gasteiger charge is 2.16. The maximum atomic E-state index is 12.6. The molecule has 0 unspecified atom stereocenters. The van der Waals surface area contributed by atoms with E-state index in [9.17, 15) is 9.59 Å². The fourth-order valence-electron chi connectivity index (χ4n) is 3.34. The van der Waals surface area contributed by atoms with Gasteiger partial charge in [-0.3, -0.25) is 4.84 Å². The van der Waals surface area contributed by atoms with Crippen LogP contribution in [0.3, 0.4) is 0 Å². The number of rotatable bonds is 7. The Kier molecular flexibility index (Phi) is 7.20. The molecule has 7 nitrogen and oxygen atoms in total. The lowest BCUT2D eigenvalue weighted by Crippen LogP contribution is -2.32. The second-order valence-electron chi connectivity index (χ2n) is 8.43. The Hall–Kier alpha value is -3.32. The zero-order valence-corrected chi connectivity index (χ0v) is 19.2. The Labute approximate surface area is 187 Å². The van der Waals surface area contributed by atoms with Gasteiger partial charge in [0.2, 0.25) is 0 Å². The number of amides is 1. The van der Waals surface area contributed by atoms with Gasteiger partial charge in [0, 0.05) is 30.2 Å². The van der Waals surface area contributed by atoms with Crippen molar-refractivity contribution in [3.63, 3.8) is 0 Å². The summed E-state index contributed by atoms with van der Waals surface area (Å²) < 4.78 is 10.7. The van der Waals surface area contributed by atoms with Crippen molar-refractivity contribution in [1.82, 2.24) is 5.48 Å². The predicted molar refractivity (Wildman–Crippen MR) is 126 cm³/mol. The molecule has 7 heteroatoms. The third-order valence-corrected chi connectivity index (χ3v) is 4.91. The van der Waals surface area contributed by atoms with Gasteiger partial charge < -0.3 is 14.1 Å². The van der Waals surface area contributed by atoms with Gasteiger partial charge in [-0.1, -0.05) is 24.3 Å². The van der Waals surface area contributed by atoms with Crippen molar-refractivity contribution in [3.05, 3.63) is 64.5 Å². The molecule has 1 amide bonds. The van der Waals surface area contributed by atoms with E-state index in [0.29, 0.717) is 11.1 Å². The summed E-state index contributed by atoms with van der Waals surface area (Å²) in [4.78, 5) is 31.6. The van der Waals surface area contributed by atoms with E-state index in [4.69, 9.17) is 14.0 Å². The molecule has 3 aromatic rings. The fourth-order valence-corrected chi connectivity index (χ4v) is 3.34. The normalized spacial score (nSPS) is 11.4. The van der Waals surface area contributed by atoms with Crippen molar-refractivity contribution in [2.75, 3.05) is 18.0 Å². The number of benzene rings is 2. The first-order valence-electron chi connectivity index (χ1n) is 10.7. The molecule has 32 heavy (non-hydrogen) atoms. The number of ether oxygens (including phenoxy) is 1. The monoisotopic (exact) mass is 438 g/mol. The molecule has 0 radical (unpaired) electrons. The number of carbonyl (C=O) groups excluding carboxylic acids is 1. The molecule has 0 saturated heterocycles. The average Bonchev–Trinajstić information content (AvgIpc) is 2.73. The van der Waals surface area contributed by atoms with Crippen LogP contribution in [0, 0.1) is 0 Å². The Morgan fingerprint density at radius 3 is 2.34 bits per heavy atom. The molecule has 0 aliphatic heterocycles. The largest absolute Gasteiger partial charge is 0.442 e. The lowest BCUT2D eigenvalue weighted by molar-refractivity contribution is -0.0136. The summed E-state index contributed by atoms with van der Waals surface area (Å²) in [6.45, 7) is 11.4. The van der Waals surface area contributed by atoms with E-state index in [-0.39, 0.29) is 12.2 Å². The van der Waals surface area contributed by atoms with Crippen LogP contribution < -0.4 is 16.0 Å². The summed E-state index contributed by atoms with van der Waals surface area (Å²) in [5.41, 5.74) is 4.95. The zero-order valence-electron chi connectivity index (χ0n) is 19.2. The van der Waals surface area contributed by atoms with Crippen LogP contribution in [-0.4, -0.2) is 24.8 Å². The molecule has 2 aromatic carbocycles. The highest BCUT2D eigenvalue weighted by atomic mass is 16.7. The van der Waals surface area contributed by atoms with Crippen molar-refractivity contribution in [1.29, 1.82) is 0 Å². The van der Waals surface area contributed by atoms with Crippen molar-refractivity contribution in [2.45, 2.75) is 46.8 Å². The first-order chi connectivity index (χ1) is 15.2. The summed E-state index contributed by atoms with van der Waals surface area (Å²) in [5, 5.41) is 0.865. The lowest BCUT2D eigenvalue weighted by atomic mass is 10.0. The molecule has 1 N–H and O–H groups in total. The van der Waals surface area contributed by atoms with Gasteiger partial charge in [-0.05, 0) is 63.9 Å². The molecule has 0 fully saturated rings. The summed E-state index contributed by atoms with van der Waals surface area (Å²) in [6, 6.07) is 15.1. The smallest absolute Gasteiger partial charge is 0.431 e. The number of hydrogen-bond acceptors (Lipinski definition) is 6. The average molecular weight is 439 g/mol. The second kappa shape index (κ2) is 9.87. The van der Waals surface area contributed by atoms with Gasteiger partial charge >= 0.3 is 11.7 Å². The Balaban J connectivity index is 1.72. The van der Waals surface area contributed by atoms with E-state index in [1.807, 2.05) is 48.5 Å². The summed E-state index contributed by atoms with van der Waals surface area (Å²) in [5.74, 6) is 0. The summed E-state index contributed by atoms with van der Waals surface area (Å²) >= 11 is 0. The van der Waals surface area contributed by atoms with Gasteiger partial charge in [-0.25, -0.2) is 9.59 Å². The number of nitrogens with one attached hydrogen (secondary N) is 1. The number of nitrogens with zero attached hydrogens (tertiary/aromatic N) is 1. The third kappa shape index (κ3) is 5.88. The summed E-state index contributed by atoms with van der Waals surface area (Å²) in [7, 11) is 0. The Bertz CT molecular complexity index is 1130. The molecule has 1 aromatic heterocycles. The molecule has 0 atom stereocenters. The minimum Gasteiger partial charge on any atom is -0.442 e. The number of hydrogen-bond donors (Lipinski definition) is 1. The highest BCUT2D eigenvalue weighted by molar-refractivity contribution is 5.84. The van der Waals surface area contributed by atoms with Crippen LogP contribution in [0.1, 0.15) is 40.2 Å². The molecule has 3 rings (SSSR count). The first kappa shape index (κ1) is 23.3. The van der Waals surface area contributed by atoms with Gasteiger partial charge in [0.1, 0.15) is 11.2 Å². The van der Waals surface area contributed by atoms with E-state index in [2.05, 4.69) is 24.2 Å². The molecule has 0 spiro atoms. The van der Waals surface area contributed by atoms with Gasteiger partial charge in [0.05, 0.1) is 12.2 Å². The fraction of sp³-hybridized carbons (Fsp3) is 0.360. The third-order valence-electron chi connectivity index (χ3n) is 4.91. The molecular weight excluding hydrogens is 408 g/mol. The van der Waals surface area contributed by atoms with Crippen LogP contribution in [0.5, 0.6) is 0 Å². The molecule has 170 valence electrons. The van der Waals surface area contributed by atoms with E-state index in [0.717, 1.165) is 35.3 Å². The number of fused-ring (bicyclic) bond motifs is 1. The van der Waals surface area contributed by atoms with E-state index >= 15 is 0 Å². The maximum Gasteiger partial charge on any atom is 0.431 e. The van der Waals surface area contributed by atoms with Crippen LogP contribution in [0.2, 0.25) is 0 Å². The van der Waals surface area contributed by atoms with Crippen LogP contribution >= 0.6 is 0 Å². The van der Waals surface area contributed by atoms with Crippen molar-refractivity contribution in [2.24, 2.45) is 0 Å². The van der Waals surface area contributed by atoms with E-state index < -0.39 is 11.7 Å². The van der Waals surface area contributed by atoms with Crippen molar-refractivity contribution < 1.29 is 18.8 Å². The standard InChI is InChI=1S/C25H30N2O5/c1-6-27(7-2)20-13-12-19-14-21(23(28)31-22(19)15-20)18-10-8-17(9-11-18)16-30-26-24(29)32-25(3,4)5/h8-15H,6-7,16H2,1-5H3,(H,26,29). The van der Waals surface area contributed by atoms with E-state index in [1.165, 1.54) is 0 Å². The number of carbonyl (C=O) groups is 1. The van der Waals surface area contributed by atoms with Crippen molar-refractivity contribution >= 4 is 22.7 Å². The van der Waals surface area contributed by atoms with Crippen molar-refractivity contribution in [3.8, 4) is 11.1 Å². The van der Waals surface area contributed by atoms with Gasteiger partial charge in [0.25, 0.3) is 0 Å². The second-order valence-corrected chi connectivity index (χ2v) is 8.43. The highest BCUT2D eigenvalue weighted by Crippen LogP contribution is 2.25. The Morgan fingerprint density at radius 1 is 1.03 bits per heavy atom. The summed E-state index contributed by atoms with van der Waals surface area (Å²) in [6.07, 6.45) is -0.646. The molecule has 0 bridgehead atoms. The predicted octanol–water partition coefficient (Wildman–Crippen LogP) is 5.26. The van der Waals surface area contributed by atoms with Crippen LogP contribution in [0.15, 0.2) is 57.7 Å². The minimum atomic E-state index is -0.646. The van der Waals surface area contributed by atoms with Gasteiger partial charge in [-0.15, -0.1) is 0 Å². The molecular formula is C25H30N2O5. The minimum absolute atomic E-state index is 0.167. The topological polar surface area (TPSA) is 81.0 Å².